The lowest BCUT2D eigenvalue weighted by Gasteiger charge is -2.21. The van der Waals surface area contributed by atoms with E-state index >= 15 is 0 Å². The lowest BCUT2D eigenvalue weighted by Crippen LogP contribution is -2.30. The molecule has 0 aromatic heterocycles. The molecule has 600 valence electrons. The molecule has 105 heavy (non-hydrogen) atoms. The van der Waals surface area contributed by atoms with Gasteiger partial charge in [0.15, 0.2) is 6.10 Å². The highest BCUT2D eigenvalue weighted by molar-refractivity contribution is 7.47. The van der Waals surface area contributed by atoms with Crippen LogP contribution in [0.1, 0.15) is 316 Å². The van der Waals surface area contributed by atoms with Gasteiger partial charge in [0.25, 0.3) is 0 Å². The van der Waals surface area contributed by atoms with Gasteiger partial charge in [0.1, 0.15) is 25.4 Å². The van der Waals surface area contributed by atoms with Crippen LogP contribution in [0.25, 0.3) is 0 Å². The first-order valence-corrected chi connectivity index (χ1v) is 43.8. The van der Waals surface area contributed by atoms with E-state index in [2.05, 4.69) is 179 Å². The van der Waals surface area contributed by atoms with Crippen molar-refractivity contribution in [1.29, 1.82) is 0 Å². The predicted molar refractivity (Wildman–Crippen MR) is 435 cm³/mol. The monoisotopic (exact) mass is 1510 g/mol. The van der Waals surface area contributed by atoms with Gasteiger partial charge >= 0.3 is 33.6 Å². The van der Waals surface area contributed by atoms with Crippen LogP contribution in [-0.4, -0.2) is 95.9 Å². The number of phosphoric ester groups is 2. The maximum absolute atomic E-state index is 13.0. The van der Waals surface area contributed by atoms with Gasteiger partial charge in [-0.25, -0.2) is 9.13 Å². The zero-order valence-corrected chi connectivity index (χ0v) is 67.4. The zero-order valence-electron chi connectivity index (χ0n) is 65.6. The van der Waals surface area contributed by atoms with Crippen LogP contribution in [-0.2, 0) is 55.8 Å². The third-order valence-corrected chi connectivity index (χ3v) is 18.6. The molecule has 0 aliphatic carbocycles. The maximum Gasteiger partial charge on any atom is 0.472 e. The van der Waals surface area contributed by atoms with E-state index in [0.717, 1.165) is 180 Å². The smallest absolute Gasteiger partial charge is 0.463 e. The second kappa shape index (κ2) is 78.7. The number of aliphatic hydroxyl groups is 2. The lowest BCUT2D eigenvalue weighted by molar-refractivity contribution is -0.161. The quantitative estimate of drug-likeness (QED) is 0.0146. The normalized spacial score (nSPS) is 14.8. The van der Waals surface area contributed by atoms with Crippen LogP contribution in [0, 0.1) is 0 Å². The number of phosphoric acid groups is 2. The maximum atomic E-state index is 13.0. The number of ether oxygens (including phenoxy) is 3. The summed E-state index contributed by atoms with van der Waals surface area (Å²) in [4.78, 5) is 58.7. The van der Waals surface area contributed by atoms with Crippen molar-refractivity contribution >= 4 is 33.6 Å². The van der Waals surface area contributed by atoms with Crippen molar-refractivity contribution in [2.75, 3.05) is 39.6 Å². The first kappa shape index (κ1) is 100. The van der Waals surface area contributed by atoms with E-state index in [4.69, 9.17) is 32.3 Å². The Bertz CT molecular complexity index is 2540. The van der Waals surface area contributed by atoms with Gasteiger partial charge < -0.3 is 34.2 Å². The fourth-order valence-corrected chi connectivity index (χ4v) is 12.2. The van der Waals surface area contributed by atoms with E-state index in [0.29, 0.717) is 19.3 Å². The van der Waals surface area contributed by atoms with Crippen LogP contribution in [0.4, 0.5) is 0 Å². The molecule has 0 radical (unpaired) electrons. The van der Waals surface area contributed by atoms with Crippen molar-refractivity contribution in [1.82, 2.24) is 0 Å². The molecule has 0 saturated carbocycles. The summed E-state index contributed by atoms with van der Waals surface area (Å²) in [6, 6.07) is 0. The van der Waals surface area contributed by atoms with E-state index in [1.807, 2.05) is 0 Å². The SMILES string of the molecule is CC/C=C\C/C=C\C/C=C\C/C=C\C/C=C\C/C=C\CCCCCCCCCCCCCCC(=O)OCC(O)COP(=O)(O)OCC(O)COP(=O)(O)OCC(COC(=O)CCCCCCCCCCC/C=C\C/C=C\C/C=C\C/C=C\C/C=C\CC)OC(=O)CCCCCCC/C=C\C/C=C\CCC. The summed E-state index contributed by atoms with van der Waals surface area (Å²) in [7, 11) is -9.80. The number of hydrogen-bond acceptors (Lipinski definition) is 14. The topological polar surface area (TPSA) is 231 Å². The molecule has 5 atom stereocenters. The Balaban J connectivity index is 4.49. The minimum Gasteiger partial charge on any atom is -0.463 e. The molecule has 0 saturated heterocycles. The van der Waals surface area contributed by atoms with Crippen LogP contribution in [0.3, 0.4) is 0 Å². The summed E-state index contributed by atoms with van der Waals surface area (Å²) in [5, 5.41) is 20.6. The second-order valence-corrected chi connectivity index (χ2v) is 29.7. The van der Waals surface area contributed by atoms with Crippen molar-refractivity contribution in [3.8, 4) is 0 Å². The van der Waals surface area contributed by atoms with E-state index in [1.165, 1.54) is 77.0 Å². The summed E-state index contributed by atoms with van der Waals surface area (Å²) < 4.78 is 61.2. The van der Waals surface area contributed by atoms with E-state index in [1.54, 1.807) is 0 Å². The zero-order chi connectivity index (χ0) is 76.6. The number of allylic oxidation sites excluding steroid dienone is 26. The Morgan fingerprint density at radius 2 is 0.505 bits per heavy atom. The highest BCUT2D eigenvalue weighted by atomic mass is 31.2. The Kier molecular flexibility index (Phi) is 75.1. The molecule has 0 aliphatic heterocycles. The van der Waals surface area contributed by atoms with Crippen molar-refractivity contribution in [3.05, 3.63) is 158 Å². The largest absolute Gasteiger partial charge is 0.472 e. The highest BCUT2D eigenvalue weighted by Gasteiger charge is 2.29. The number of rotatable bonds is 76. The minimum atomic E-state index is -4.94. The van der Waals surface area contributed by atoms with Crippen LogP contribution >= 0.6 is 15.6 Å². The first-order chi connectivity index (χ1) is 51.2. The summed E-state index contributed by atoms with van der Waals surface area (Å²) >= 11 is 0. The van der Waals surface area contributed by atoms with Gasteiger partial charge in [0.05, 0.1) is 26.4 Å². The average molecular weight is 1510 g/mol. The number of hydrogen-bond donors (Lipinski definition) is 4. The number of aliphatic hydroxyl groups excluding tert-OH is 2. The highest BCUT2D eigenvalue weighted by Crippen LogP contribution is 2.45. The van der Waals surface area contributed by atoms with Crippen LogP contribution in [0.5, 0.6) is 0 Å². The van der Waals surface area contributed by atoms with Gasteiger partial charge in [0.2, 0.25) is 0 Å². The molecular formula is C87H146O16P2. The third kappa shape index (κ3) is 80.0. The second-order valence-electron chi connectivity index (χ2n) is 26.8. The number of carbonyl (C=O) groups excluding carboxylic acids is 3. The van der Waals surface area contributed by atoms with Crippen molar-refractivity contribution in [2.24, 2.45) is 0 Å². The van der Waals surface area contributed by atoms with Crippen LogP contribution < -0.4 is 0 Å². The first-order valence-electron chi connectivity index (χ1n) is 40.8. The molecule has 0 heterocycles. The van der Waals surface area contributed by atoms with E-state index < -0.39 is 91.5 Å². The number of carbonyl (C=O) groups is 3. The molecule has 0 rings (SSSR count). The fourth-order valence-electron chi connectivity index (χ4n) is 10.6. The Morgan fingerprint density at radius 1 is 0.276 bits per heavy atom. The summed E-state index contributed by atoms with van der Waals surface area (Å²) in [5.41, 5.74) is 0. The third-order valence-electron chi connectivity index (χ3n) is 16.7. The molecule has 0 aromatic rings. The molecule has 18 heteroatoms. The lowest BCUT2D eigenvalue weighted by atomic mass is 10.0. The Labute approximate surface area is 638 Å². The standard InChI is InChI=1S/C87H146O16P2/c1-4-7-10-13-16-19-22-25-27-29-31-33-35-37-38-39-40-41-42-44-46-47-49-51-53-56-58-61-64-67-70-73-85(90)97-76-82(88)77-99-104(93,94)100-78-83(89)79-101-105(95,96)102-81-84(103-87(92)75-72-69-66-63-60-55-24-21-18-15-12-9-6-3)80-98-86(91)74-71-68-65-62-59-57-54-52-50-48-45-43-36-34-32-30-28-26-23-20-17-14-11-8-5-2/h7-8,10-12,15-17,19-21,24-28,31-34,37-38,40-41,43,45,82-84,88-89H,4-6,9,13-14,18,22-23,29-30,35-36,39,42,44,46-81H2,1-3H3,(H,93,94)(H,95,96)/b10-7-,11-8-,15-12-,19-16-,20-17-,24-21-,27-25-,28-26-,33-31-,34-32-,38-37-,41-40-,45-43-. The molecular weight excluding hydrogens is 1360 g/mol. The predicted octanol–water partition coefficient (Wildman–Crippen LogP) is 24.2. The van der Waals surface area contributed by atoms with Gasteiger partial charge in [-0.3, -0.25) is 32.5 Å². The molecule has 0 fully saturated rings. The molecule has 0 bridgehead atoms. The molecule has 5 unspecified atom stereocenters. The van der Waals surface area contributed by atoms with Crippen LogP contribution in [0.15, 0.2) is 158 Å². The van der Waals surface area contributed by atoms with Crippen LogP contribution in [0.2, 0.25) is 0 Å². The van der Waals surface area contributed by atoms with E-state index in [9.17, 15) is 43.5 Å². The van der Waals surface area contributed by atoms with Crippen molar-refractivity contribution in [2.45, 2.75) is 334 Å². The minimum absolute atomic E-state index is 0.0834. The summed E-state index contributed by atoms with van der Waals surface area (Å²) in [6.45, 7) is 2.37. The van der Waals surface area contributed by atoms with E-state index in [-0.39, 0.29) is 19.3 Å². The van der Waals surface area contributed by atoms with Gasteiger partial charge in [-0.1, -0.05) is 314 Å². The molecule has 0 spiro atoms. The Morgan fingerprint density at radius 3 is 0.800 bits per heavy atom. The molecule has 0 amide bonds. The average Bonchev–Trinajstić information content (AvgIpc) is 0.913. The fraction of sp³-hybridized carbons (Fsp3) is 0.667. The summed E-state index contributed by atoms with van der Waals surface area (Å²) in [6.07, 6.45) is 98.7. The molecule has 16 nitrogen and oxygen atoms in total. The molecule has 4 N–H and O–H groups in total. The van der Waals surface area contributed by atoms with Gasteiger partial charge in [-0.2, -0.15) is 0 Å². The molecule has 0 aromatic carbocycles. The van der Waals surface area contributed by atoms with Crippen molar-refractivity contribution < 1.29 is 75.8 Å². The number of esters is 3. The van der Waals surface area contributed by atoms with Gasteiger partial charge in [-0.05, 0) is 141 Å². The molecule has 0 aliphatic rings. The number of unbranched alkanes of at least 4 members (excludes halogenated alkanes) is 27. The van der Waals surface area contributed by atoms with Crippen molar-refractivity contribution in [3.63, 3.8) is 0 Å². The Hall–Kier alpha value is -4.83. The van der Waals surface area contributed by atoms with Gasteiger partial charge in [0, 0.05) is 19.3 Å². The van der Waals surface area contributed by atoms with Gasteiger partial charge in [-0.15, -0.1) is 0 Å². The summed E-state index contributed by atoms with van der Waals surface area (Å²) in [5.74, 6) is -1.60.